The average Bonchev–Trinajstić information content (AvgIpc) is 2.96. The lowest BCUT2D eigenvalue weighted by atomic mass is 10.0. The molecule has 230 valence electrons. The van der Waals surface area contributed by atoms with Crippen molar-refractivity contribution in [1.29, 1.82) is 0 Å². The lowest BCUT2D eigenvalue weighted by Gasteiger charge is -2.42. The number of hydrogen-bond donors (Lipinski definition) is 1. The van der Waals surface area contributed by atoms with Gasteiger partial charge in [0.1, 0.15) is 10.9 Å². The number of rotatable bonds is 4. The zero-order valence-corrected chi connectivity index (χ0v) is 24.9. The van der Waals surface area contributed by atoms with Crippen LogP contribution in [0.1, 0.15) is 49.2 Å². The lowest BCUT2D eigenvalue weighted by molar-refractivity contribution is -0.143. The van der Waals surface area contributed by atoms with E-state index in [0.717, 1.165) is 12.3 Å². The highest BCUT2D eigenvalue weighted by atomic mass is 32.2. The Morgan fingerprint density at radius 2 is 1.93 bits per heavy atom. The summed E-state index contributed by atoms with van der Waals surface area (Å²) < 4.78 is 57.0. The molecule has 2 aliphatic rings. The highest BCUT2D eigenvalue weighted by Gasteiger charge is 2.39. The summed E-state index contributed by atoms with van der Waals surface area (Å²) in [5.74, 6) is 0.803. The average molecular weight is 630 g/mol. The third-order valence-corrected chi connectivity index (χ3v) is 8.26. The summed E-state index contributed by atoms with van der Waals surface area (Å²) in [5, 5.41) is 9.10. The van der Waals surface area contributed by atoms with E-state index in [2.05, 4.69) is 19.9 Å². The Bertz CT molecular complexity index is 1710. The number of hydrogen-bond acceptors (Lipinski definition) is 9. The number of amidine groups is 1. The van der Waals surface area contributed by atoms with Crippen LogP contribution in [0.25, 0.3) is 0 Å². The van der Waals surface area contributed by atoms with E-state index in [1.165, 1.54) is 21.9 Å². The van der Waals surface area contributed by atoms with Crippen molar-refractivity contribution >= 4 is 41.1 Å². The maximum atomic E-state index is 15.8. The second-order valence-corrected chi connectivity index (χ2v) is 11.6. The van der Waals surface area contributed by atoms with Crippen molar-refractivity contribution < 1.29 is 32.3 Å². The van der Waals surface area contributed by atoms with E-state index in [9.17, 15) is 27.9 Å². The van der Waals surface area contributed by atoms with Crippen LogP contribution in [0.4, 0.5) is 33.9 Å². The molecule has 44 heavy (non-hydrogen) atoms. The molecule has 0 aromatic carbocycles. The number of piperazine rings is 1. The molecule has 1 fully saturated rings. The van der Waals surface area contributed by atoms with Gasteiger partial charge in [0.15, 0.2) is 23.3 Å². The quantitative estimate of drug-likeness (QED) is 0.280. The number of pyridine rings is 3. The lowest BCUT2D eigenvalue weighted by Crippen LogP contribution is -2.56. The molecule has 0 spiro atoms. The predicted octanol–water partition coefficient (Wildman–Crippen LogP) is 5.87. The normalized spacial score (nSPS) is 17.0. The Labute approximate surface area is 254 Å². The van der Waals surface area contributed by atoms with Gasteiger partial charge in [-0.2, -0.15) is 13.2 Å². The second kappa shape index (κ2) is 11.9. The molecule has 0 aliphatic carbocycles. The van der Waals surface area contributed by atoms with Gasteiger partial charge in [0.25, 0.3) is 0 Å². The van der Waals surface area contributed by atoms with E-state index in [-0.39, 0.29) is 58.5 Å². The van der Waals surface area contributed by atoms with Crippen molar-refractivity contribution in [3.05, 3.63) is 70.8 Å². The SMILES string of the molecule is Cc1ccnc(C(C)C)c1N1C(=C=O)N=C(N2CCN(C(=O)O)C[C@@H]2C)c2cc(F)c(Sc3cccnc3C(F)(F)F)nc21. The monoisotopic (exact) mass is 629 g/mol. The summed E-state index contributed by atoms with van der Waals surface area (Å²) in [6.07, 6.45) is -3.26. The summed E-state index contributed by atoms with van der Waals surface area (Å²) >= 11 is 0.458. The standard InChI is InChI=1S/C29H27F4N7O3S/c1-15(2)22-23(16(3)7-9-34-22)40-21(14-41)36-25(39-11-10-38(28(42)43)13-17(39)4)18-12-19(30)27(37-26(18)40)44-20-6-5-8-35-24(20)29(31,32)33/h5-9,12,15,17H,10-11,13H2,1-4H3,(H,42,43)/t17-/m0/s1. The highest BCUT2D eigenvalue weighted by molar-refractivity contribution is 7.99. The number of anilines is 2. The molecule has 0 radical (unpaired) electrons. The fraction of sp³-hybridized carbons (Fsp3) is 0.345. The van der Waals surface area contributed by atoms with Crippen LogP contribution in [0.15, 0.2) is 57.4 Å². The van der Waals surface area contributed by atoms with E-state index in [1.807, 2.05) is 19.8 Å². The summed E-state index contributed by atoms with van der Waals surface area (Å²) in [6, 6.07) is 4.91. The van der Waals surface area contributed by atoms with Crippen molar-refractivity contribution in [2.75, 3.05) is 24.5 Å². The minimum absolute atomic E-state index is 0.0422. The summed E-state index contributed by atoms with van der Waals surface area (Å²) in [5.41, 5.74) is 0.712. The number of aromatic nitrogens is 3. The van der Waals surface area contributed by atoms with Crippen molar-refractivity contribution in [2.24, 2.45) is 4.99 Å². The summed E-state index contributed by atoms with van der Waals surface area (Å²) in [7, 11) is 0. The second-order valence-electron chi connectivity index (χ2n) is 10.6. The Morgan fingerprint density at radius 3 is 2.57 bits per heavy atom. The van der Waals surface area contributed by atoms with Crippen molar-refractivity contribution in [2.45, 2.75) is 55.8 Å². The third kappa shape index (κ3) is 5.72. The Morgan fingerprint density at radius 1 is 1.18 bits per heavy atom. The maximum absolute atomic E-state index is 15.8. The number of carbonyl (C=O) groups is 1. The highest BCUT2D eigenvalue weighted by Crippen LogP contribution is 2.44. The minimum atomic E-state index is -4.79. The summed E-state index contributed by atoms with van der Waals surface area (Å²) in [6.45, 7) is 7.80. The van der Waals surface area contributed by atoms with Crippen LogP contribution in [0.2, 0.25) is 0 Å². The van der Waals surface area contributed by atoms with Crippen LogP contribution in [0.5, 0.6) is 0 Å². The first-order valence-electron chi connectivity index (χ1n) is 13.6. The number of fused-ring (bicyclic) bond motifs is 1. The number of halogens is 4. The number of amides is 1. The Balaban J connectivity index is 1.72. The van der Waals surface area contributed by atoms with Crippen LogP contribution < -0.4 is 4.90 Å². The van der Waals surface area contributed by atoms with Gasteiger partial charge in [-0.25, -0.2) is 24.0 Å². The molecule has 0 unspecified atom stereocenters. The van der Waals surface area contributed by atoms with Gasteiger partial charge in [0.05, 0.1) is 16.9 Å². The Kier molecular flexibility index (Phi) is 8.36. The van der Waals surface area contributed by atoms with Crippen LogP contribution in [0.3, 0.4) is 0 Å². The number of nitrogens with zero attached hydrogens (tertiary/aromatic N) is 7. The fourth-order valence-electron chi connectivity index (χ4n) is 5.20. The molecule has 10 nitrogen and oxygen atoms in total. The first-order chi connectivity index (χ1) is 20.8. The molecule has 1 N–H and O–H groups in total. The molecule has 3 aromatic heterocycles. The zero-order chi connectivity index (χ0) is 31.9. The molecular weight excluding hydrogens is 602 g/mol. The summed E-state index contributed by atoms with van der Waals surface area (Å²) in [4.78, 5) is 45.2. The van der Waals surface area contributed by atoms with E-state index in [1.54, 1.807) is 31.0 Å². The van der Waals surface area contributed by atoms with Gasteiger partial charge in [-0.1, -0.05) is 25.6 Å². The molecule has 5 heterocycles. The molecule has 1 atom stereocenters. The molecule has 15 heteroatoms. The van der Waals surface area contributed by atoms with Crippen LogP contribution in [-0.2, 0) is 11.0 Å². The molecular formula is C29H27F4N7O3S. The number of aryl methyl sites for hydroxylation is 1. The first-order valence-corrected chi connectivity index (χ1v) is 14.4. The van der Waals surface area contributed by atoms with E-state index in [4.69, 9.17) is 0 Å². The first kappa shape index (κ1) is 31.0. The van der Waals surface area contributed by atoms with Gasteiger partial charge in [0, 0.05) is 43.0 Å². The minimum Gasteiger partial charge on any atom is -0.465 e. The molecule has 5 rings (SSSR count). The smallest absolute Gasteiger partial charge is 0.434 e. The van der Waals surface area contributed by atoms with Crippen LogP contribution in [-0.4, -0.2) is 73.4 Å². The van der Waals surface area contributed by atoms with Gasteiger partial charge >= 0.3 is 12.3 Å². The number of alkyl halides is 3. The van der Waals surface area contributed by atoms with Gasteiger partial charge in [-0.3, -0.25) is 14.9 Å². The van der Waals surface area contributed by atoms with E-state index >= 15 is 4.39 Å². The third-order valence-electron chi connectivity index (χ3n) is 7.23. The van der Waals surface area contributed by atoms with Crippen LogP contribution in [0, 0.1) is 12.7 Å². The molecule has 1 saturated heterocycles. The topological polar surface area (TPSA) is 115 Å². The van der Waals surface area contributed by atoms with Gasteiger partial charge < -0.3 is 14.9 Å². The van der Waals surface area contributed by atoms with Crippen molar-refractivity contribution in [3.8, 4) is 0 Å². The van der Waals surface area contributed by atoms with Crippen molar-refractivity contribution in [3.63, 3.8) is 0 Å². The Hall–Kier alpha value is -4.49. The van der Waals surface area contributed by atoms with Gasteiger partial charge in [0.2, 0.25) is 5.82 Å². The fourth-order valence-corrected chi connectivity index (χ4v) is 6.11. The maximum Gasteiger partial charge on any atom is 0.434 e. The molecule has 3 aromatic rings. The largest absolute Gasteiger partial charge is 0.465 e. The molecule has 0 bridgehead atoms. The molecule has 0 saturated carbocycles. The van der Waals surface area contributed by atoms with Gasteiger partial charge in [-0.05, 0) is 49.6 Å². The zero-order valence-electron chi connectivity index (χ0n) is 24.1. The number of carbonyl (C=O) groups excluding carboxylic acids is 1. The van der Waals surface area contributed by atoms with Crippen LogP contribution >= 0.6 is 11.8 Å². The van der Waals surface area contributed by atoms with E-state index in [0.29, 0.717) is 28.7 Å². The molecule has 2 aliphatic heterocycles. The molecule has 1 amide bonds. The predicted molar refractivity (Wildman–Crippen MR) is 154 cm³/mol. The van der Waals surface area contributed by atoms with Gasteiger partial charge in [-0.15, -0.1) is 0 Å². The number of carboxylic acid groups (broad SMARTS) is 1. The van der Waals surface area contributed by atoms with Crippen molar-refractivity contribution in [1.82, 2.24) is 24.8 Å². The number of aliphatic imine (C=N–C) groups is 1. The van der Waals surface area contributed by atoms with E-state index < -0.39 is 29.8 Å².